The highest BCUT2D eigenvalue weighted by molar-refractivity contribution is 5.98. The second-order valence-electron chi connectivity index (χ2n) is 5.95. The highest BCUT2D eigenvalue weighted by Gasteiger charge is 2.20. The first kappa shape index (κ1) is 16.2. The van der Waals surface area contributed by atoms with Crippen molar-refractivity contribution in [1.82, 2.24) is 4.98 Å². The lowest BCUT2D eigenvalue weighted by molar-refractivity contribution is 0.0524. The average molecular weight is 319 g/mol. The first-order chi connectivity index (χ1) is 11.6. The molecule has 0 bridgehead atoms. The van der Waals surface area contributed by atoms with Crippen molar-refractivity contribution < 1.29 is 9.53 Å². The van der Waals surface area contributed by atoms with Crippen molar-refractivity contribution in [3.8, 4) is 0 Å². The van der Waals surface area contributed by atoms with Crippen LogP contribution < -0.4 is 0 Å². The number of ether oxygens (including phenoxy) is 1. The van der Waals surface area contributed by atoms with Gasteiger partial charge in [0.15, 0.2) is 0 Å². The van der Waals surface area contributed by atoms with Gasteiger partial charge in [-0.2, -0.15) is 0 Å². The second-order valence-corrected chi connectivity index (χ2v) is 5.95. The van der Waals surface area contributed by atoms with Crippen molar-refractivity contribution in [1.29, 1.82) is 0 Å². The fourth-order valence-corrected chi connectivity index (χ4v) is 3.04. The highest BCUT2D eigenvalue weighted by atomic mass is 16.5. The van der Waals surface area contributed by atoms with E-state index in [-0.39, 0.29) is 5.97 Å². The molecule has 0 saturated carbocycles. The molecule has 0 spiro atoms. The molecule has 3 rings (SSSR count). The maximum absolute atomic E-state index is 12.5. The standard InChI is InChI=1S/C21H21NO2/c1-4-24-21(23)20-15(3)22-19-11-10-14(2)12-17(19)18(20)13-16-8-6-5-7-9-16/h5-12H,4,13H2,1-3H3. The van der Waals surface area contributed by atoms with Crippen LogP contribution in [-0.4, -0.2) is 17.6 Å². The van der Waals surface area contributed by atoms with Crippen molar-refractivity contribution in [2.24, 2.45) is 0 Å². The number of carbonyl (C=O) groups is 1. The van der Waals surface area contributed by atoms with E-state index in [1.54, 1.807) is 0 Å². The summed E-state index contributed by atoms with van der Waals surface area (Å²) in [5.41, 5.74) is 5.53. The zero-order valence-electron chi connectivity index (χ0n) is 14.3. The molecule has 3 aromatic rings. The zero-order valence-corrected chi connectivity index (χ0v) is 14.3. The summed E-state index contributed by atoms with van der Waals surface area (Å²) < 4.78 is 5.29. The number of aromatic nitrogens is 1. The molecule has 1 aromatic heterocycles. The molecule has 0 atom stereocenters. The minimum Gasteiger partial charge on any atom is -0.462 e. The van der Waals surface area contributed by atoms with Crippen molar-refractivity contribution in [3.05, 3.63) is 76.5 Å². The number of benzene rings is 2. The predicted molar refractivity (Wildman–Crippen MR) is 96.4 cm³/mol. The molecule has 24 heavy (non-hydrogen) atoms. The molecule has 0 amide bonds. The van der Waals surface area contributed by atoms with E-state index < -0.39 is 0 Å². The summed E-state index contributed by atoms with van der Waals surface area (Å²) >= 11 is 0. The van der Waals surface area contributed by atoms with Crippen molar-refractivity contribution in [2.45, 2.75) is 27.2 Å². The lowest BCUT2D eigenvalue weighted by atomic mass is 9.94. The monoisotopic (exact) mass is 319 g/mol. The lowest BCUT2D eigenvalue weighted by Gasteiger charge is -2.15. The Hall–Kier alpha value is -2.68. The number of fused-ring (bicyclic) bond motifs is 1. The number of hydrogen-bond acceptors (Lipinski definition) is 3. The summed E-state index contributed by atoms with van der Waals surface area (Å²) in [7, 11) is 0. The molecule has 0 aliphatic carbocycles. The molecular weight excluding hydrogens is 298 g/mol. The molecular formula is C21H21NO2. The quantitative estimate of drug-likeness (QED) is 0.659. The van der Waals surface area contributed by atoms with Crippen LogP contribution in [0.5, 0.6) is 0 Å². The smallest absolute Gasteiger partial charge is 0.340 e. The minimum absolute atomic E-state index is 0.295. The summed E-state index contributed by atoms with van der Waals surface area (Å²) in [6.07, 6.45) is 0.679. The van der Waals surface area contributed by atoms with E-state index in [1.807, 2.05) is 44.2 Å². The number of pyridine rings is 1. The molecule has 0 saturated heterocycles. The van der Waals surface area contributed by atoms with Crippen LogP contribution in [-0.2, 0) is 11.2 Å². The van der Waals surface area contributed by atoms with Crippen LogP contribution in [0.4, 0.5) is 0 Å². The van der Waals surface area contributed by atoms with E-state index in [0.29, 0.717) is 18.6 Å². The zero-order chi connectivity index (χ0) is 17.1. The van der Waals surface area contributed by atoms with Crippen LogP contribution in [0.3, 0.4) is 0 Å². The van der Waals surface area contributed by atoms with Crippen LogP contribution in [0.25, 0.3) is 10.9 Å². The maximum atomic E-state index is 12.5. The summed E-state index contributed by atoms with van der Waals surface area (Å²) in [5.74, 6) is -0.295. The van der Waals surface area contributed by atoms with Crippen LogP contribution in [0.2, 0.25) is 0 Å². The normalized spacial score (nSPS) is 10.8. The third kappa shape index (κ3) is 3.16. The van der Waals surface area contributed by atoms with Gasteiger partial charge in [0.25, 0.3) is 0 Å². The van der Waals surface area contributed by atoms with Gasteiger partial charge in [0, 0.05) is 5.39 Å². The van der Waals surface area contributed by atoms with E-state index >= 15 is 0 Å². The summed E-state index contributed by atoms with van der Waals surface area (Å²) in [6.45, 7) is 6.10. The Kier molecular flexibility index (Phi) is 4.61. The SMILES string of the molecule is CCOC(=O)c1c(C)nc2ccc(C)cc2c1Cc1ccccc1. The maximum Gasteiger partial charge on any atom is 0.340 e. The van der Waals surface area contributed by atoms with Crippen molar-refractivity contribution in [3.63, 3.8) is 0 Å². The number of nitrogens with zero attached hydrogens (tertiary/aromatic N) is 1. The van der Waals surface area contributed by atoms with Crippen LogP contribution in [0.15, 0.2) is 48.5 Å². The third-order valence-electron chi connectivity index (χ3n) is 4.13. The van der Waals surface area contributed by atoms with Gasteiger partial charge in [-0.3, -0.25) is 4.98 Å². The van der Waals surface area contributed by atoms with Crippen LogP contribution >= 0.6 is 0 Å². The summed E-state index contributed by atoms with van der Waals surface area (Å²) in [6, 6.07) is 16.3. The Labute approximate surface area is 142 Å². The molecule has 1 heterocycles. The molecule has 122 valence electrons. The second kappa shape index (κ2) is 6.83. The topological polar surface area (TPSA) is 39.2 Å². The van der Waals surface area contributed by atoms with Gasteiger partial charge in [-0.1, -0.05) is 42.0 Å². The first-order valence-electron chi connectivity index (χ1n) is 8.21. The van der Waals surface area contributed by atoms with Gasteiger partial charge in [0.05, 0.1) is 23.4 Å². The van der Waals surface area contributed by atoms with Crippen LogP contribution in [0.1, 0.15) is 39.7 Å². The van der Waals surface area contributed by atoms with Crippen molar-refractivity contribution in [2.75, 3.05) is 6.61 Å². The van der Waals surface area contributed by atoms with E-state index in [9.17, 15) is 4.79 Å². The van der Waals surface area contributed by atoms with Crippen molar-refractivity contribution >= 4 is 16.9 Å². The molecule has 0 unspecified atom stereocenters. The van der Waals surface area contributed by atoms with Gasteiger partial charge in [0.2, 0.25) is 0 Å². The minimum atomic E-state index is -0.295. The Bertz CT molecular complexity index is 885. The number of rotatable bonds is 4. The molecule has 0 radical (unpaired) electrons. The number of aryl methyl sites for hydroxylation is 2. The van der Waals surface area contributed by atoms with Gasteiger partial charge in [-0.15, -0.1) is 0 Å². The first-order valence-corrected chi connectivity index (χ1v) is 8.21. The largest absolute Gasteiger partial charge is 0.462 e. The Balaban J connectivity index is 2.25. The molecule has 3 nitrogen and oxygen atoms in total. The fourth-order valence-electron chi connectivity index (χ4n) is 3.04. The van der Waals surface area contributed by atoms with Gasteiger partial charge < -0.3 is 4.74 Å². The van der Waals surface area contributed by atoms with Crippen LogP contribution in [0, 0.1) is 13.8 Å². The Morgan fingerprint density at radius 2 is 1.83 bits per heavy atom. The molecule has 0 aliphatic heterocycles. The molecule has 3 heteroatoms. The Morgan fingerprint density at radius 1 is 1.08 bits per heavy atom. The average Bonchev–Trinajstić information content (AvgIpc) is 2.56. The number of esters is 1. The molecule has 2 aromatic carbocycles. The highest BCUT2D eigenvalue weighted by Crippen LogP contribution is 2.27. The third-order valence-corrected chi connectivity index (χ3v) is 4.13. The fraction of sp³-hybridized carbons (Fsp3) is 0.238. The van der Waals surface area contributed by atoms with E-state index in [2.05, 4.69) is 30.1 Å². The lowest BCUT2D eigenvalue weighted by Crippen LogP contribution is -2.13. The number of carbonyl (C=O) groups excluding carboxylic acids is 1. The van der Waals surface area contributed by atoms with Gasteiger partial charge in [-0.05, 0) is 50.5 Å². The Morgan fingerprint density at radius 3 is 2.54 bits per heavy atom. The van der Waals surface area contributed by atoms with E-state index in [1.165, 1.54) is 0 Å². The molecule has 0 fully saturated rings. The number of hydrogen-bond donors (Lipinski definition) is 0. The molecule has 0 N–H and O–H groups in total. The van der Waals surface area contributed by atoms with E-state index in [0.717, 1.165) is 33.3 Å². The van der Waals surface area contributed by atoms with Gasteiger partial charge in [-0.25, -0.2) is 4.79 Å². The van der Waals surface area contributed by atoms with Gasteiger partial charge in [0.1, 0.15) is 0 Å². The summed E-state index contributed by atoms with van der Waals surface area (Å²) in [5, 5.41) is 1.02. The molecule has 0 aliphatic rings. The summed E-state index contributed by atoms with van der Waals surface area (Å²) in [4.78, 5) is 17.2. The predicted octanol–water partition coefficient (Wildman–Crippen LogP) is 4.62. The van der Waals surface area contributed by atoms with Gasteiger partial charge >= 0.3 is 5.97 Å². The van der Waals surface area contributed by atoms with E-state index in [4.69, 9.17) is 4.74 Å².